The van der Waals surface area contributed by atoms with Gasteiger partial charge in [-0.05, 0) is 141 Å². The lowest BCUT2D eigenvalue weighted by atomic mass is 9.83. The second-order valence-corrected chi connectivity index (χ2v) is 25.1. The molecule has 0 unspecified atom stereocenters. The molecule has 0 bridgehead atoms. The van der Waals surface area contributed by atoms with Gasteiger partial charge >= 0.3 is 11.9 Å². The summed E-state index contributed by atoms with van der Waals surface area (Å²) < 4.78 is 18.8. The summed E-state index contributed by atoms with van der Waals surface area (Å²) in [5.41, 5.74) is 5.68. The number of para-hydroxylation sites is 2. The van der Waals surface area contributed by atoms with Gasteiger partial charge in [-0.2, -0.15) is 0 Å². The average Bonchev–Trinajstić information content (AvgIpc) is 3.06. The molecule has 0 aliphatic carbocycles. The number of carbonyl (C=O) groups excluding carboxylic acids is 2. The highest BCUT2D eigenvalue weighted by Gasteiger charge is 2.32. The van der Waals surface area contributed by atoms with E-state index in [2.05, 4.69) is 66.0 Å². The van der Waals surface area contributed by atoms with Gasteiger partial charge in [0.1, 0.15) is 17.2 Å². The topological polar surface area (TPSA) is 82.1 Å². The van der Waals surface area contributed by atoms with Crippen molar-refractivity contribution in [3.8, 4) is 17.2 Å². The minimum absolute atomic E-state index is 0.200. The molecule has 0 aliphatic heterocycles. The number of phenols is 1. The van der Waals surface area contributed by atoms with Gasteiger partial charge in [0.15, 0.2) is 16.6 Å². The van der Waals surface area contributed by atoms with Gasteiger partial charge in [0.05, 0.1) is 11.1 Å². The monoisotopic (exact) mass is 738 g/mol. The van der Waals surface area contributed by atoms with E-state index in [-0.39, 0.29) is 5.41 Å². The van der Waals surface area contributed by atoms with Crippen LogP contribution in [0.5, 0.6) is 17.2 Å². The highest BCUT2D eigenvalue weighted by molar-refractivity contribution is 6.84. The van der Waals surface area contributed by atoms with Crippen molar-refractivity contribution in [1.82, 2.24) is 0 Å². The molecule has 0 atom stereocenters. The van der Waals surface area contributed by atoms with Crippen LogP contribution in [-0.4, -0.2) is 33.7 Å². The van der Waals surface area contributed by atoms with Crippen LogP contribution in [-0.2, 0) is 28.8 Å². The number of benzene rings is 4. The molecule has 0 aromatic heterocycles. The number of esters is 2. The number of hydrogen-bond donors (Lipinski definition) is 1. The predicted molar refractivity (Wildman–Crippen MR) is 217 cm³/mol. The maximum Gasteiger partial charge on any atom is 0.343 e. The summed E-state index contributed by atoms with van der Waals surface area (Å²) in [6.45, 7) is 19.7. The van der Waals surface area contributed by atoms with Crippen molar-refractivity contribution >= 4 is 28.6 Å². The van der Waals surface area contributed by atoms with Gasteiger partial charge < -0.3 is 18.7 Å². The van der Waals surface area contributed by atoms with Crippen molar-refractivity contribution in [3.63, 3.8) is 0 Å². The van der Waals surface area contributed by atoms with Gasteiger partial charge in [0, 0.05) is 5.56 Å². The molecule has 0 saturated heterocycles. The fourth-order valence-corrected chi connectivity index (χ4v) is 15.7. The van der Waals surface area contributed by atoms with Gasteiger partial charge in [-0.25, -0.2) is 9.59 Å². The Morgan fingerprint density at radius 2 is 1.21 bits per heavy atom. The summed E-state index contributed by atoms with van der Waals surface area (Å²) in [6, 6.07) is 28.0. The first-order valence-electron chi connectivity index (χ1n) is 18.7. The standard InChI is InChI=1S/C44H58O6Si2/c1-10-17-33-30-32(2)41(38(31-33)44(3,4)5)49-43(47)37-26-24-36(25-27-37)42(46)48-40-23-14-12-19-35(40)21-16-29-52(8,9)50-51(6,7)28-15-20-34-18-11-13-22-39(34)45/h11-14,18-19,22-27,30-31,45H,10,15-17,20-21,28-29H2,1-9H3. The minimum Gasteiger partial charge on any atom is -0.508 e. The molecule has 1 N–H and O–H groups in total. The quantitative estimate of drug-likeness (QED) is 0.0700. The van der Waals surface area contributed by atoms with Crippen molar-refractivity contribution < 1.29 is 28.3 Å². The SMILES string of the molecule is CCCc1cc(C)c(OC(=O)c2ccc(C(=O)Oc3ccccc3CCC[Si](C)(C)O[Si](C)(C)CCCc3ccccc3O)cc2)c(C(C)(C)C)c1. The second kappa shape index (κ2) is 17.7. The highest BCUT2D eigenvalue weighted by Crippen LogP contribution is 2.36. The van der Waals surface area contributed by atoms with Crippen LogP contribution >= 0.6 is 0 Å². The van der Waals surface area contributed by atoms with Crippen molar-refractivity contribution in [3.05, 3.63) is 124 Å². The van der Waals surface area contributed by atoms with E-state index in [1.54, 1.807) is 30.3 Å². The molecule has 8 heteroatoms. The molecule has 278 valence electrons. The number of carbonyl (C=O) groups is 2. The molecule has 4 aromatic carbocycles. The molecule has 52 heavy (non-hydrogen) atoms. The normalized spacial score (nSPS) is 12.1. The number of ether oxygens (including phenoxy) is 2. The molecule has 4 rings (SSSR count). The molecular weight excluding hydrogens is 681 g/mol. The molecule has 0 heterocycles. The lowest BCUT2D eigenvalue weighted by molar-refractivity contribution is 0.0717. The number of aryl methyl sites for hydroxylation is 4. The Balaban J connectivity index is 1.33. The van der Waals surface area contributed by atoms with Gasteiger partial charge in [-0.3, -0.25) is 0 Å². The maximum atomic E-state index is 13.3. The molecule has 0 amide bonds. The zero-order valence-corrected chi connectivity index (χ0v) is 34.7. The van der Waals surface area contributed by atoms with Crippen LogP contribution in [0.25, 0.3) is 0 Å². The third kappa shape index (κ3) is 11.8. The smallest absolute Gasteiger partial charge is 0.343 e. The van der Waals surface area contributed by atoms with E-state index in [0.717, 1.165) is 72.9 Å². The number of hydrogen-bond acceptors (Lipinski definition) is 6. The van der Waals surface area contributed by atoms with Crippen molar-refractivity contribution in [1.29, 1.82) is 0 Å². The Labute approximate surface area is 313 Å². The third-order valence-electron chi connectivity index (χ3n) is 9.40. The fourth-order valence-electron chi connectivity index (χ4n) is 6.82. The Kier molecular flexibility index (Phi) is 13.9. The van der Waals surface area contributed by atoms with Crippen molar-refractivity contribution in [2.75, 3.05) is 0 Å². The van der Waals surface area contributed by atoms with E-state index in [9.17, 15) is 14.7 Å². The zero-order valence-electron chi connectivity index (χ0n) is 32.7. The summed E-state index contributed by atoms with van der Waals surface area (Å²) in [6.07, 6.45) is 5.58. The molecule has 0 radical (unpaired) electrons. The van der Waals surface area contributed by atoms with Crippen LogP contribution in [0.1, 0.15) is 95.5 Å². The number of aromatic hydroxyl groups is 1. The molecule has 0 aliphatic rings. The Hall–Kier alpha value is -3.99. The van der Waals surface area contributed by atoms with Gasteiger partial charge in [0.25, 0.3) is 0 Å². The minimum atomic E-state index is -1.93. The van der Waals surface area contributed by atoms with E-state index in [1.165, 1.54) is 5.56 Å². The second-order valence-electron chi connectivity index (χ2n) is 16.2. The summed E-state index contributed by atoms with van der Waals surface area (Å²) in [4.78, 5) is 26.5. The molecule has 0 fully saturated rings. The maximum absolute atomic E-state index is 13.3. The van der Waals surface area contributed by atoms with E-state index in [0.29, 0.717) is 28.4 Å². The van der Waals surface area contributed by atoms with Crippen molar-refractivity contribution in [2.24, 2.45) is 0 Å². The van der Waals surface area contributed by atoms with Crippen LogP contribution in [0.4, 0.5) is 0 Å². The van der Waals surface area contributed by atoms with Crippen LogP contribution in [0, 0.1) is 6.92 Å². The van der Waals surface area contributed by atoms with E-state index in [4.69, 9.17) is 13.6 Å². The molecule has 0 spiro atoms. The first-order valence-corrected chi connectivity index (χ1v) is 24.9. The van der Waals surface area contributed by atoms with Crippen LogP contribution in [0.3, 0.4) is 0 Å². The lowest BCUT2D eigenvalue weighted by Crippen LogP contribution is -2.44. The van der Waals surface area contributed by atoms with Gasteiger partial charge in [-0.15, -0.1) is 0 Å². The van der Waals surface area contributed by atoms with E-state index >= 15 is 0 Å². The van der Waals surface area contributed by atoms with Crippen LogP contribution in [0.2, 0.25) is 38.3 Å². The van der Waals surface area contributed by atoms with E-state index < -0.39 is 28.6 Å². The highest BCUT2D eigenvalue weighted by atomic mass is 28.4. The third-order valence-corrected chi connectivity index (χ3v) is 16.9. The summed E-state index contributed by atoms with van der Waals surface area (Å²) >= 11 is 0. The van der Waals surface area contributed by atoms with Gasteiger partial charge in [0.2, 0.25) is 0 Å². The van der Waals surface area contributed by atoms with Gasteiger partial charge in [-0.1, -0.05) is 82.6 Å². The first kappa shape index (κ1) is 40.8. The van der Waals surface area contributed by atoms with E-state index in [1.807, 2.05) is 49.4 Å². The molecule has 4 aromatic rings. The lowest BCUT2D eigenvalue weighted by Gasteiger charge is -2.34. The number of phenolic OH excluding ortho intramolecular Hbond substituents is 1. The summed E-state index contributed by atoms with van der Waals surface area (Å²) in [5, 5.41) is 10.1. The molecule has 0 saturated carbocycles. The fraction of sp³-hybridized carbons (Fsp3) is 0.409. The number of rotatable bonds is 16. The summed E-state index contributed by atoms with van der Waals surface area (Å²) in [7, 11) is -3.81. The van der Waals surface area contributed by atoms with Crippen LogP contribution < -0.4 is 9.47 Å². The van der Waals surface area contributed by atoms with Crippen molar-refractivity contribution in [2.45, 2.75) is 117 Å². The average molecular weight is 739 g/mol. The first-order chi connectivity index (χ1) is 24.5. The Morgan fingerprint density at radius 3 is 1.77 bits per heavy atom. The Bertz CT molecular complexity index is 1820. The largest absolute Gasteiger partial charge is 0.508 e. The zero-order chi connectivity index (χ0) is 38.1. The molecule has 6 nitrogen and oxygen atoms in total. The summed E-state index contributed by atoms with van der Waals surface area (Å²) in [5.74, 6) is 0.581. The predicted octanol–water partition coefficient (Wildman–Crippen LogP) is 11.4. The Morgan fingerprint density at radius 1 is 0.692 bits per heavy atom. The van der Waals surface area contributed by atoms with Crippen LogP contribution in [0.15, 0.2) is 84.9 Å². The molecular formula is C44H58O6Si2.